The van der Waals surface area contributed by atoms with E-state index in [1.54, 1.807) is 0 Å². The van der Waals surface area contributed by atoms with Gasteiger partial charge in [0.15, 0.2) is 0 Å². The average molecular weight is 618 g/mol. The molecule has 4 aliphatic heterocycles. The van der Waals surface area contributed by atoms with Gasteiger partial charge in [-0.3, -0.25) is 0 Å². The zero-order valence-corrected chi connectivity index (χ0v) is 27.1. The number of anilines is 7. The number of hydrogen-bond acceptors (Lipinski definition) is 3. The van der Waals surface area contributed by atoms with Crippen LogP contribution in [-0.2, 0) is 5.41 Å². The highest BCUT2D eigenvalue weighted by Gasteiger charge is 2.42. The number of fused-ring (bicyclic) bond motifs is 6. The van der Waals surface area contributed by atoms with Crippen molar-refractivity contribution in [3.63, 3.8) is 0 Å². The summed E-state index contributed by atoms with van der Waals surface area (Å²) in [6, 6.07) is 42.4. The van der Waals surface area contributed by atoms with Crippen LogP contribution in [0.15, 0.2) is 187 Å². The Kier molecular flexibility index (Phi) is 6.48. The van der Waals surface area contributed by atoms with Crippen LogP contribution in [-0.4, -0.2) is 0 Å². The van der Waals surface area contributed by atoms with Crippen LogP contribution in [0.3, 0.4) is 0 Å². The molecule has 0 saturated carbocycles. The summed E-state index contributed by atoms with van der Waals surface area (Å²) in [5.74, 6) is 0. The highest BCUT2D eigenvalue weighted by Crippen LogP contribution is 2.61. The maximum atomic E-state index is 2.50. The van der Waals surface area contributed by atoms with Gasteiger partial charge in [-0.1, -0.05) is 117 Å². The van der Waals surface area contributed by atoms with Crippen LogP contribution >= 0.6 is 0 Å². The lowest BCUT2D eigenvalue weighted by molar-refractivity contribution is 0.631. The van der Waals surface area contributed by atoms with Crippen molar-refractivity contribution in [1.82, 2.24) is 0 Å². The molecule has 5 aromatic carbocycles. The molecule has 0 spiro atoms. The SMILES string of the molecule is CC1(C)c2ccccc2N2c3cc(-c4ccccc4)ccc3N(c3ccc(N4C5=C\C=C/C=C\C4=C\C=C/C=C\5)cc3)c3cccc1c32. The van der Waals surface area contributed by atoms with Crippen molar-refractivity contribution >= 4 is 39.8 Å². The molecule has 0 amide bonds. The Morgan fingerprint density at radius 1 is 0.417 bits per heavy atom. The van der Waals surface area contributed by atoms with Crippen LogP contribution in [0, 0.1) is 0 Å². The molecule has 48 heavy (non-hydrogen) atoms. The van der Waals surface area contributed by atoms with Gasteiger partial charge in [-0.05, 0) is 95.1 Å². The highest BCUT2D eigenvalue weighted by atomic mass is 15.3. The van der Waals surface area contributed by atoms with Crippen LogP contribution in [0.5, 0.6) is 0 Å². The number of benzene rings is 5. The number of nitrogens with zero attached hydrogens (tertiary/aromatic N) is 3. The Labute approximate surface area is 282 Å². The minimum absolute atomic E-state index is 0.158. The molecule has 2 bridgehead atoms. The molecule has 0 N–H and O–H groups in total. The Bertz CT molecular complexity index is 2220. The molecular formula is C45H35N3. The standard InChI is InChI=1S/C45H35N3/c1-45(2)38-21-12-13-23-40(38)48-43-31-33(32-15-6-3-7-16-32)25-30-41(43)47(42-24-14-22-39(45)44(42)48)37-28-26-36(27-29-37)46-34-17-8-4-9-18-35(46)20-11-5-10-19-34/h3-31H,1-2H3/b8-4-,9-4?,10-5?,11-5-,17-8?,18-9-,19-10-,20-11?,34-17-,34-19?,35-18?,35-20-. The van der Waals surface area contributed by atoms with Gasteiger partial charge >= 0.3 is 0 Å². The summed E-state index contributed by atoms with van der Waals surface area (Å²) in [4.78, 5) is 7.26. The summed E-state index contributed by atoms with van der Waals surface area (Å²) in [6.07, 6.45) is 21.2. The first-order valence-corrected chi connectivity index (χ1v) is 16.6. The molecule has 5 aromatic rings. The quantitative estimate of drug-likeness (QED) is 0.196. The first-order valence-electron chi connectivity index (χ1n) is 16.6. The van der Waals surface area contributed by atoms with Crippen LogP contribution in [0.4, 0.5) is 39.8 Å². The molecule has 3 heteroatoms. The lowest BCUT2D eigenvalue weighted by Crippen LogP contribution is -2.34. The fraction of sp³-hybridized carbons (Fsp3) is 0.0667. The summed E-state index contributed by atoms with van der Waals surface area (Å²) in [5, 5.41) is 0. The third-order valence-corrected chi connectivity index (χ3v) is 9.93. The first-order chi connectivity index (χ1) is 23.6. The lowest BCUT2D eigenvalue weighted by atomic mass is 9.72. The van der Waals surface area contributed by atoms with E-state index in [-0.39, 0.29) is 5.41 Å². The van der Waals surface area contributed by atoms with Crippen LogP contribution < -0.4 is 14.7 Å². The first kappa shape index (κ1) is 28.2. The predicted octanol–water partition coefficient (Wildman–Crippen LogP) is 12.1. The second-order valence-electron chi connectivity index (χ2n) is 13.1. The summed E-state index contributed by atoms with van der Waals surface area (Å²) in [5.41, 5.74) is 15.4. The van der Waals surface area contributed by atoms with E-state index in [2.05, 4.69) is 205 Å². The molecule has 0 saturated heterocycles. The number of rotatable bonds is 3. The summed E-state index contributed by atoms with van der Waals surface area (Å²) < 4.78 is 0. The Morgan fingerprint density at radius 3 is 1.77 bits per heavy atom. The van der Waals surface area contributed by atoms with Crippen molar-refractivity contribution < 1.29 is 0 Å². The highest BCUT2D eigenvalue weighted by molar-refractivity contribution is 6.05. The molecule has 4 heterocycles. The molecule has 0 aromatic heterocycles. The van der Waals surface area contributed by atoms with Crippen LogP contribution in [0.2, 0.25) is 0 Å². The van der Waals surface area contributed by atoms with E-state index >= 15 is 0 Å². The van der Waals surface area contributed by atoms with E-state index in [0.717, 1.165) is 28.5 Å². The zero-order valence-electron chi connectivity index (χ0n) is 27.1. The fourth-order valence-electron chi connectivity index (χ4n) is 7.63. The Morgan fingerprint density at radius 2 is 1.04 bits per heavy atom. The normalized spacial score (nSPS) is 21.3. The monoisotopic (exact) mass is 617 g/mol. The average Bonchev–Trinajstić information content (AvgIpc) is 3.10. The maximum absolute atomic E-state index is 2.50. The van der Waals surface area contributed by atoms with Crippen molar-refractivity contribution in [2.24, 2.45) is 0 Å². The van der Waals surface area contributed by atoms with E-state index in [4.69, 9.17) is 0 Å². The third kappa shape index (κ3) is 4.35. The molecule has 3 nitrogen and oxygen atoms in total. The van der Waals surface area contributed by atoms with Gasteiger partial charge in [0, 0.05) is 28.2 Å². The summed E-state index contributed by atoms with van der Waals surface area (Å²) in [6.45, 7) is 4.71. The van der Waals surface area contributed by atoms with E-state index in [9.17, 15) is 0 Å². The van der Waals surface area contributed by atoms with Crippen molar-refractivity contribution in [2.45, 2.75) is 19.3 Å². The second kappa shape index (κ2) is 11.0. The van der Waals surface area contributed by atoms with Gasteiger partial charge in [0.2, 0.25) is 0 Å². The predicted molar refractivity (Wildman–Crippen MR) is 202 cm³/mol. The van der Waals surface area contributed by atoms with E-state index in [1.165, 1.54) is 45.0 Å². The number of para-hydroxylation sites is 2. The topological polar surface area (TPSA) is 9.72 Å². The van der Waals surface area contributed by atoms with Crippen molar-refractivity contribution in [1.29, 1.82) is 0 Å². The van der Waals surface area contributed by atoms with E-state index in [0.29, 0.717) is 0 Å². The number of allylic oxidation sites excluding steroid dienone is 10. The van der Waals surface area contributed by atoms with Crippen molar-refractivity contribution in [3.8, 4) is 11.1 Å². The van der Waals surface area contributed by atoms with E-state index in [1.807, 2.05) is 0 Å². The van der Waals surface area contributed by atoms with Crippen molar-refractivity contribution in [3.05, 3.63) is 199 Å². The van der Waals surface area contributed by atoms with E-state index < -0.39 is 0 Å². The Hall–Kier alpha value is -6.06. The van der Waals surface area contributed by atoms with Gasteiger partial charge < -0.3 is 14.7 Å². The minimum atomic E-state index is -0.158. The molecule has 9 rings (SSSR count). The molecule has 0 aliphatic carbocycles. The van der Waals surface area contributed by atoms with Gasteiger partial charge in [0.1, 0.15) is 0 Å². The fourth-order valence-corrected chi connectivity index (χ4v) is 7.63. The lowest BCUT2D eigenvalue weighted by Gasteiger charge is -2.48. The number of hydrogen-bond donors (Lipinski definition) is 0. The van der Waals surface area contributed by atoms with Gasteiger partial charge in [-0.25, -0.2) is 0 Å². The largest absolute Gasteiger partial charge is 0.311 e. The molecule has 0 atom stereocenters. The third-order valence-electron chi connectivity index (χ3n) is 9.93. The summed E-state index contributed by atoms with van der Waals surface area (Å²) >= 11 is 0. The molecule has 0 fully saturated rings. The maximum Gasteiger partial charge on any atom is 0.0744 e. The van der Waals surface area contributed by atoms with Gasteiger partial charge in [-0.15, -0.1) is 0 Å². The second-order valence-corrected chi connectivity index (χ2v) is 13.1. The van der Waals surface area contributed by atoms with Crippen LogP contribution in [0.1, 0.15) is 25.0 Å². The minimum Gasteiger partial charge on any atom is -0.311 e. The molecule has 0 radical (unpaired) electrons. The smallest absolute Gasteiger partial charge is 0.0744 e. The molecular weight excluding hydrogens is 583 g/mol. The zero-order chi connectivity index (χ0) is 32.2. The molecule has 4 aliphatic rings. The van der Waals surface area contributed by atoms with Gasteiger partial charge in [-0.2, -0.15) is 0 Å². The molecule has 230 valence electrons. The Balaban J connectivity index is 1.24. The summed E-state index contributed by atoms with van der Waals surface area (Å²) in [7, 11) is 0. The van der Waals surface area contributed by atoms with Crippen LogP contribution in [0.25, 0.3) is 11.1 Å². The van der Waals surface area contributed by atoms with Gasteiger partial charge in [0.25, 0.3) is 0 Å². The molecule has 0 unspecified atom stereocenters. The van der Waals surface area contributed by atoms with Crippen molar-refractivity contribution in [2.75, 3.05) is 14.7 Å². The van der Waals surface area contributed by atoms with Gasteiger partial charge in [0.05, 0.1) is 28.4 Å².